The molecule has 0 N–H and O–H groups in total. The molecule has 0 aromatic heterocycles. The first-order valence-corrected chi connectivity index (χ1v) is 41.0. The van der Waals surface area contributed by atoms with Crippen LogP contribution in [0.4, 0.5) is 119 Å². The number of rotatable bonds is 20. The Balaban J connectivity index is 0.000000158. The molecule has 119 heavy (non-hydrogen) atoms. The molecular formula is C109H80BCl2N7. The molecule has 0 saturated carbocycles. The van der Waals surface area contributed by atoms with Gasteiger partial charge < -0.3 is 34.3 Å². The van der Waals surface area contributed by atoms with E-state index in [9.17, 15) is 0 Å². The lowest BCUT2D eigenvalue weighted by Gasteiger charge is -2.44. The summed E-state index contributed by atoms with van der Waals surface area (Å²) in [7, 11) is 0. The molecule has 20 rings (SSSR count). The van der Waals surface area contributed by atoms with Gasteiger partial charge in [-0.05, 0) is 233 Å². The first-order chi connectivity index (χ1) is 59.0. The summed E-state index contributed by atoms with van der Waals surface area (Å²) >= 11 is 15.3. The van der Waals surface area contributed by atoms with Crippen molar-refractivity contribution < 1.29 is 0 Å². The summed E-state index contributed by atoms with van der Waals surface area (Å²) in [5, 5.41) is 1.22. The number of anilines is 21. The molecule has 2 aliphatic rings. The van der Waals surface area contributed by atoms with Gasteiger partial charge >= 0.3 is 0 Å². The Hall–Kier alpha value is -14.8. The van der Waals surface area contributed by atoms with E-state index >= 15 is 0 Å². The molecule has 0 fully saturated rings. The maximum atomic E-state index is 7.65. The highest BCUT2D eigenvalue weighted by Gasteiger charge is 2.43. The first kappa shape index (κ1) is 74.3. The van der Waals surface area contributed by atoms with Crippen LogP contribution >= 0.6 is 23.2 Å². The largest absolute Gasteiger partial charge is 0.311 e. The van der Waals surface area contributed by atoms with E-state index < -0.39 is 0 Å². The predicted octanol–water partition coefficient (Wildman–Crippen LogP) is 29.3. The minimum absolute atomic E-state index is 0.0209. The van der Waals surface area contributed by atoms with E-state index in [-0.39, 0.29) is 12.6 Å². The minimum Gasteiger partial charge on any atom is -0.311 e. The summed E-state index contributed by atoms with van der Waals surface area (Å²) in [5.74, 6) is -0.0209. The van der Waals surface area contributed by atoms with Gasteiger partial charge in [0.2, 0.25) is 0 Å². The van der Waals surface area contributed by atoms with E-state index in [2.05, 4.69) is 429 Å². The molecule has 10 heteroatoms. The molecule has 2 aliphatic heterocycles. The molecule has 0 spiro atoms. The van der Waals surface area contributed by atoms with Gasteiger partial charge in [-0.3, -0.25) is 0 Å². The van der Waals surface area contributed by atoms with Crippen molar-refractivity contribution in [2.75, 3.05) is 34.3 Å². The van der Waals surface area contributed by atoms with E-state index in [1.165, 1.54) is 55.8 Å². The molecule has 1 atom stereocenters. The smallest absolute Gasteiger partial charge is 0.252 e. The molecule has 0 bridgehead atoms. The summed E-state index contributed by atoms with van der Waals surface area (Å²) in [6.07, 6.45) is 0. The zero-order chi connectivity index (χ0) is 79.8. The van der Waals surface area contributed by atoms with Gasteiger partial charge in [0.15, 0.2) is 0 Å². The molecule has 7 nitrogen and oxygen atoms in total. The fourth-order valence-electron chi connectivity index (χ4n) is 17.1. The molecule has 18 aromatic rings. The van der Waals surface area contributed by atoms with Gasteiger partial charge in [-0.2, -0.15) is 0 Å². The van der Waals surface area contributed by atoms with Crippen LogP contribution < -0.4 is 50.7 Å². The molecule has 0 saturated heterocycles. The highest BCUT2D eigenvalue weighted by Crippen LogP contribution is 2.52. The van der Waals surface area contributed by atoms with Crippen molar-refractivity contribution >= 4 is 166 Å². The lowest BCUT2D eigenvalue weighted by atomic mass is 9.33. The van der Waals surface area contributed by atoms with E-state index in [0.717, 1.165) is 96.7 Å². The Morgan fingerprint density at radius 2 is 0.454 bits per heavy atom. The Bertz CT molecular complexity index is 6180. The summed E-state index contributed by atoms with van der Waals surface area (Å²) < 4.78 is 0. The molecule has 0 amide bonds. The summed E-state index contributed by atoms with van der Waals surface area (Å²) in [6, 6.07) is 169. The second kappa shape index (κ2) is 33.9. The topological polar surface area (TPSA) is 22.7 Å². The second-order valence-corrected chi connectivity index (χ2v) is 30.2. The molecule has 568 valence electrons. The minimum atomic E-state index is -0.0209. The summed E-state index contributed by atoms with van der Waals surface area (Å²) in [5.41, 5.74) is 29.4. The number of benzene rings is 18. The number of halogens is 2. The zero-order valence-electron chi connectivity index (χ0n) is 65.2. The van der Waals surface area contributed by atoms with Crippen molar-refractivity contribution in [3.63, 3.8) is 0 Å². The van der Waals surface area contributed by atoms with Crippen LogP contribution in [-0.2, 0) is 0 Å². The van der Waals surface area contributed by atoms with Crippen molar-refractivity contribution in [2.45, 2.75) is 5.92 Å². The second-order valence-electron chi connectivity index (χ2n) is 29.4. The van der Waals surface area contributed by atoms with Gasteiger partial charge in [-0.1, -0.05) is 302 Å². The Morgan fingerprint density at radius 3 is 0.849 bits per heavy atom. The standard InChI is InChI=1S/C55H40BN3.C54H40Cl2N4/c1-6-20-40(21-7-1)54(41-22-18-31-47(38-41)57(43-23-8-2-9-24-43)44-25-10-3-11-26-44)42-36-37-49-53(39-42)59(46-29-14-5-15-30-46)52-35-19-34-51-55(52)56(49)48-32-16-17-33-50(48)58(51)45-27-12-4-13-28-45;55-53-49(57(41-22-7-1-8-23-41)42-24-9-2-10-25-42)36-20-38-51(53)59(45-30-15-5-16-31-45)47-34-19-35-48(40-47)60(46-32-17-6-18-33-46)52-39-21-37-50(54(52)56)58(43-26-11-3-12-27-43)44-28-13-4-14-29-44/h1-39,54H;1-40H. The Kier molecular flexibility index (Phi) is 21.2. The van der Waals surface area contributed by atoms with Crippen LogP contribution in [0.15, 0.2) is 479 Å². The predicted molar refractivity (Wildman–Crippen MR) is 504 cm³/mol. The van der Waals surface area contributed by atoms with Crippen LogP contribution in [0.3, 0.4) is 0 Å². The summed E-state index contributed by atoms with van der Waals surface area (Å²) in [6.45, 7) is 0.0604. The van der Waals surface area contributed by atoms with Crippen molar-refractivity contribution in [1.82, 2.24) is 0 Å². The molecule has 1 unspecified atom stereocenters. The van der Waals surface area contributed by atoms with Gasteiger partial charge in [0.1, 0.15) is 0 Å². The molecular weight excluding hydrogens is 1490 g/mol. The molecule has 2 heterocycles. The van der Waals surface area contributed by atoms with E-state index in [1.54, 1.807) is 0 Å². The van der Waals surface area contributed by atoms with Gasteiger partial charge in [-0.25, -0.2) is 0 Å². The fraction of sp³-hybridized carbons (Fsp3) is 0.00917. The SMILES string of the molecule is Clc1c(N(c2ccccc2)c2ccccc2)cccc1N(c1ccccc1)c1cccc(N(c2ccccc2)c2cccc(N(c3ccccc3)c3ccccc3)c2Cl)c1.c1ccc(C(c2cccc(N(c3ccccc3)c3ccccc3)c2)c2ccc3c(c2)N(c2ccccc2)c2cccc4c2B3c2ccccc2N4c2ccccc2)cc1. The number of hydrogen-bond acceptors (Lipinski definition) is 7. The first-order valence-electron chi connectivity index (χ1n) is 40.3. The maximum absolute atomic E-state index is 7.65. The lowest BCUT2D eigenvalue weighted by molar-refractivity contribution is 0.976. The van der Waals surface area contributed by atoms with Gasteiger partial charge in [0.25, 0.3) is 6.71 Å². The van der Waals surface area contributed by atoms with Crippen LogP contribution in [-0.4, -0.2) is 6.71 Å². The van der Waals surface area contributed by atoms with Crippen molar-refractivity contribution in [2.24, 2.45) is 0 Å². The van der Waals surface area contributed by atoms with Crippen LogP contribution in [0.25, 0.3) is 0 Å². The number of nitrogens with zero attached hydrogens (tertiary/aromatic N) is 7. The monoisotopic (exact) mass is 1570 g/mol. The van der Waals surface area contributed by atoms with Crippen molar-refractivity contribution in [1.29, 1.82) is 0 Å². The number of fused-ring (bicyclic) bond motifs is 4. The molecule has 18 aromatic carbocycles. The van der Waals surface area contributed by atoms with Crippen LogP contribution in [0, 0.1) is 0 Å². The van der Waals surface area contributed by atoms with E-state index in [4.69, 9.17) is 23.2 Å². The number of hydrogen-bond donors (Lipinski definition) is 0. The highest BCUT2D eigenvalue weighted by molar-refractivity contribution is 7.00. The van der Waals surface area contributed by atoms with Gasteiger partial charge in [-0.15, -0.1) is 0 Å². The Morgan fingerprint density at radius 1 is 0.193 bits per heavy atom. The average Bonchev–Trinajstić information content (AvgIpc) is 0.699. The zero-order valence-corrected chi connectivity index (χ0v) is 66.7. The number of para-hydroxylation sites is 11. The normalized spacial score (nSPS) is 11.9. The fourth-order valence-corrected chi connectivity index (χ4v) is 17.7. The van der Waals surface area contributed by atoms with Crippen molar-refractivity contribution in [3.05, 3.63) is 506 Å². The van der Waals surface area contributed by atoms with Crippen LogP contribution in [0.2, 0.25) is 10.0 Å². The third kappa shape index (κ3) is 14.8. The van der Waals surface area contributed by atoms with Crippen LogP contribution in [0.5, 0.6) is 0 Å². The van der Waals surface area contributed by atoms with Crippen molar-refractivity contribution in [3.8, 4) is 0 Å². The Labute approximate surface area is 707 Å². The third-order valence-electron chi connectivity index (χ3n) is 22.2. The molecule has 0 aliphatic carbocycles. The quantitative estimate of drug-likeness (QED) is 0.0553. The van der Waals surface area contributed by atoms with E-state index in [1.807, 2.05) is 84.9 Å². The molecule has 0 radical (unpaired) electrons. The summed E-state index contributed by atoms with van der Waals surface area (Å²) in [4.78, 5) is 16.1. The van der Waals surface area contributed by atoms with Gasteiger partial charge in [0, 0.05) is 103 Å². The van der Waals surface area contributed by atoms with Crippen LogP contribution in [0.1, 0.15) is 22.6 Å². The highest BCUT2D eigenvalue weighted by atomic mass is 35.5. The lowest BCUT2D eigenvalue weighted by Crippen LogP contribution is -2.61. The maximum Gasteiger partial charge on any atom is 0.252 e. The van der Waals surface area contributed by atoms with Gasteiger partial charge in [0.05, 0.1) is 32.8 Å². The average molecular weight is 1570 g/mol. The van der Waals surface area contributed by atoms with E-state index in [0.29, 0.717) is 10.0 Å². The third-order valence-corrected chi connectivity index (χ3v) is 23.0.